The molecule has 2 atom stereocenters. The molecule has 0 radical (unpaired) electrons. The molecule has 4 aromatic rings. The van der Waals surface area contributed by atoms with Gasteiger partial charge < -0.3 is 16.1 Å². The van der Waals surface area contributed by atoms with Gasteiger partial charge in [0.25, 0.3) is 0 Å². The first kappa shape index (κ1) is 28.2. The lowest BCUT2D eigenvalue weighted by Crippen LogP contribution is -2.38. The lowest BCUT2D eigenvalue weighted by Gasteiger charge is -2.24. The molecule has 0 bridgehead atoms. The SMILES string of the molecule is Cc1nc(F)ccc1C(Nc1cc(Cl)c2ncc(C#N)c(N[C@H](CCC#N)c3ccccc3)c2c1)C1=CN(C2CC2)NN1. The third kappa shape index (κ3) is 6.02. The average molecular weight is 594 g/mol. The van der Waals surface area contributed by atoms with Gasteiger partial charge >= 0.3 is 0 Å². The van der Waals surface area contributed by atoms with Crippen LogP contribution >= 0.6 is 11.6 Å². The predicted octanol–water partition coefficient (Wildman–Crippen LogP) is 6.54. The van der Waals surface area contributed by atoms with Crippen molar-refractivity contribution in [1.29, 1.82) is 10.5 Å². The maximum absolute atomic E-state index is 14.0. The minimum Gasteiger partial charge on any atom is -0.377 e. The Morgan fingerprint density at radius 3 is 2.67 bits per heavy atom. The van der Waals surface area contributed by atoms with Crippen LogP contribution in [-0.2, 0) is 0 Å². The molecule has 0 saturated heterocycles. The molecule has 0 spiro atoms. The van der Waals surface area contributed by atoms with Gasteiger partial charge in [0, 0.05) is 47.2 Å². The van der Waals surface area contributed by atoms with E-state index in [1.165, 1.54) is 12.3 Å². The molecule has 43 heavy (non-hydrogen) atoms. The molecular weight excluding hydrogens is 565 g/mol. The third-order valence-electron chi connectivity index (χ3n) is 7.68. The third-order valence-corrected chi connectivity index (χ3v) is 7.97. The summed E-state index contributed by atoms with van der Waals surface area (Å²) < 4.78 is 14.0. The molecule has 1 aliphatic heterocycles. The van der Waals surface area contributed by atoms with Crippen LogP contribution in [0.3, 0.4) is 0 Å². The zero-order chi connectivity index (χ0) is 29.9. The van der Waals surface area contributed by atoms with E-state index in [0.717, 1.165) is 29.7 Å². The molecule has 1 fully saturated rings. The van der Waals surface area contributed by atoms with Gasteiger partial charge in [-0.1, -0.05) is 48.0 Å². The second-order valence-electron chi connectivity index (χ2n) is 10.7. The summed E-state index contributed by atoms with van der Waals surface area (Å²) in [5.74, 6) is -0.546. The van der Waals surface area contributed by atoms with Crippen LogP contribution in [0.1, 0.15) is 60.2 Å². The first-order chi connectivity index (χ1) is 20.9. The highest BCUT2D eigenvalue weighted by Crippen LogP contribution is 2.38. The Balaban J connectivity index is 1.42. The van der Waals surface area contributed by atoms with Gasteiger partial charge in [0.15, 0.2) is 0 Å². The number of benzene rings is 2. The van der Waals surface area contributed by atoms with Crippen molar-refractivity contribution in [2.24, 2.45) is 0 Å². The number of pyridine rings is 2. The van der Waals surface area contributed by atoms with Crippen LogP contribution in [-0.4, -0.2) is 21.0 Å². The molecule has 11 heteroatoms. The Morgan fingerprint density at radius 2 is 1.95 bits per heavy atom. The molecule has 6 rings (SSSR count). The Bertz CT molecular complexity index is 1780. The highest BCUT2D eigenvalue weighted by atomic mass is 35.5. The number of rotatable bonds is 10. The van der Waals surface area contributed by atoms with Crippen LogP contribution in [0, 0.1) is 35.5 Å². The van der Waals surface area contributed by atoms with Crippen molar-refractivity contribution in [2.75, 3.05) is 10.6 Å². The molecule has 9 nitrogen and oxygen atoms in total. The van der Waals surface area contributed by atoms with Crippen LogP contribution in [0.5, 0.6) is 0 Å². The summed E-state index contributed by atoms with van der Waals surface area (Å²) in [4.78, 5) is 8.57. The van der Waals surface area contributed by atoms with Crippen LogP contribution in [0.25, 0.3) is 10.9 Å². The van der Waals surface area contributed by atoms with E-state index < -0.39 is 12.0 Å². The van der Waals surface area contributed by atoms with Gasteiger partial charge in [-0.15, -0.1) is 5.53 Å². The number of nitriles is 2. The van der Waals surface area contributed by atoms with Crippen molar-refractivity contribution in [2.45, 2.75) is 50.7 Å². The monoisotopic (exact) mass is 593 g/mol. The minimum atomic E-state index is -0.546. The van der Waals surface area contributed by atoms with Crippen LogP contribution in [0.2, 0.25) is 5.02 Å². The lowest BCUT2D eigenvalue weighted by molar-refractivity contribution is 0.260. The zero-order valence-corrected chi connectivity index (χ0v) is 24.2. The Labute approximate surface area is 253 Å². The molecule has 4 N–H and O–H groups in total. The van der Waals surface area contributed by atoms with Crippen molar-refractivity contribution in [3.8, 4) is 12.1 Å². The number of aryl methyl sites for hydroxylation is 1. The number of fused-ring (bicyclic) bond motifs is 1. The summed E-state index contributed by atoms with van der Waals surface area (Å²) in [6, 6.07) is 20.9. The van der Waals surface area contributed by atoms with E-state index in [0.29, 0.717) is 57.4 Å². The average Bonchev–Trinajstić information content (AvgIpc) is 3.75. The molecule has 2 aromatic carbocycles. The van der Waals surface area contributed by atoms with Gasteiger partial charge in [0.2, 0.25) is 5.95 Å². The van der Waals surface area contributed by atoms with E-state index in [2.05, 4.69) is 43.7 Å². The van der Waals surface area contributed by atoms with E-state index in [-0.39, 0.29) is 6.04 Å². The highest BCUT2D eigenvalue weighted by Gasteiger charge is 2.33. The summed E-state index contributed by atoms with van der Waals surface area (Å²) in [6.07, 6.45) is 6.63. The fourth-order valence-corrected chi connectivity index (χ4v) is 5.62. The fourth-order valence-electron chi connectivity index (χ4n) is 5.35. The predicted molar refractivity (Wildman–Crippen MR) is 164 cm³/mol. The Kier molecular flexibility index (Phi) is 7.97. The summed E-state index contributed by atoms with van der Waals surface area (Å²) in [5, 5.41) is 29.6. The molecule has 216 valence electrons. The molecule has 1 aliphatic carbocycles. The van der Waals surface area contributed by atoms with Crippen molar-refractivity contribution in [1.82, 2.24) is 25.9 Å². The van der Waals surface area contributed by atoms with Crippen molar-refractivity contribution in [3.05, 3.63) is 106 Å². The Morgan fingerprint density at radius 1 is 1.14 bits per heavy atom. The van der Waals surface area contributed by atoms with Gasteiger partial charge in [-0.25, -0.2) is 4.98 Å². The van der Waals surface area contributed by atoms with E-state index >= 15 is 0 Å². The Hall–Kier alpha value is -4.90. The van der Waals surface area contributed by atoms with Gasteiger partial charge in [0.1, 0.15) is 6.07 Å². The second kappa shape index (κ2) is 12.1. The molecule has 0 amide bonds. The van der Waals surface area contributed by atoms with Gasteiger partial charge in [-0.05, 0) is 49.9 Å². The zero-order valence-electron chi connectivity index (χ0n) is 23.4. The largest absolute Gasteiger partial charge is 0.377 e. The summed E-state index contributed by atoms with van der Waals surface area (Å²) >= 11 is 6.81. The lowest BCUT2D eigenvalue weighted by atomic mass is 10.00. The normalized spacial score (nSPS) is 15.7. The van der Waals surface area contributed by atoms with Crippen LogP contribution < -0.4 is 21.6 Å². The van der Waals surface area contributed by atoms with Gasteiger partial charge in [0.05, 0.1) is 45.6 Å². The van der Waals surface area contributed by atoms with E-state index in [1.54, 1.807) is 19.1 Å². The van der Waals surface area contributed by atoms with Crippen molar-refractivity contribution < 1.29 is 4.39 Å². The number of hydrogen-bond acceptors (Lipinski definition) is 9. The quantitative estimate of drug-likeness (QED) is 0.152. The molecule has 3 heterocycles. The maximum Gasteiger partial charge on any atom is 0.213 e. The topological polar surface area (TPSA) is 125 Å². The second-order valence-corrected chi connectivity index (χ2v) is 11.1. The number of nitrogens with one attached hydrogen (secondary N) is 4. The van der Waals surface area contributed by atoms with Gasteiger partial charge in [-0.2, -0.15) is 14.9 Å². The maximum atomic E-state index is 14.0. The van der Waals surface area contributed by atoms with Crippen molar-refractivity contribution >= 4 is 33.9 Å². The standard InChI is InChI=1S/C32H29ClFN9/c1-19-24(11-12-29(34)38-19)32(28-18-43(42-41-28)23-9-10-23)39-22-14-25-30(21(16-36)17-37-31(25)26(33)15-22)40-27(8-5-13-35)20-6-3-2-4-7-20/h2-4,6-7,11-12,14-15,17-18,23,27,32,39,41-42H,5,8-10H2,1H3,(H,37,40)/t27-,32?/m1/s1. The molecular formula is C32H29ClFN9. The van der Waals surface area contributed by atoms with Crippen molar-refractivity contribution in [3.63, 3.8) is 0 Å². The van der Waals surface area contributed by atoms with E-state index in [4.69, 9.17) is 11.6 Å². The molecule has 2 aromatic heterocycles. The minimum absolute atomic E-state index is 0.220. The molecule has 1 unspecified atom stereocenters. The summed E-state index contributed by atoms with van der Waals surface area (Å²) in [5.41, 5.74) is 11.8. The first-order valence-electron chi connectivity index (χ1n) is 14.1. The number of hydrogen-bond donors (Lipinski definition) is 4. The summed E-state index contributed by atoms with van der Waals surface area (Å²) in [7, 11) is 0. The number of anilines is 2. The molecule has 1 saturated carbocycles. The number of aromatic nitrogens is 2. The number of nitrogens with zero attached hydrogens (tertiary/aromatic N) is 5. The van der Waals surface area contributed by atoms with Crippen LogP contribution in [0.15, 0.2) is 72.7 Å². The van der Waals surface area contributed by atoms with E-state index in [9.17, 15) is 14.9 Å². The number of halogens is 2. The van der Waals surface area contributed by atoms with Gasteiger partial charge in [-0.3, -0.25) is 9.99 Å². The number of hydrazine groups is 2. The molecule has 2 aliphatic rings. The summed E-state index contributed by atoms with van der Waals surface area (Å²) in [6.45, 7) is 1.78. The van der Waals surface area contributed by atoms with Crippen LogP contribution in [0.4, 0.5) is 15.8 Å². The fraction of sp³-hybridized carbons (Fsp3) is 0.250. The van der Waals surface area contributed by atoms with E-state index in [1.807, 2.05) is 47.6 Å². The smallest absolute Gasteiger partial charge is 0.213 e. The highest BCUT2D eigenvalue weighted by molar-refractivity contribution is 6.35. The first-order valence-corrected chi connectivity index (χ1v) is 14.4.